The molecule has 0 heterocycles. The van der Waals surface area contributed by atoms with Crippen molar-refractivity contribution in [1.29, 1.82) is 0 Å². The third-order valence-electron chi connectivity index (χ3n) is 3.85. The zero-order valence-electron chi connectivity index (χ0n) is 11.6. The minimum absolute atomic E-state index is 0.222. The maximum Gasteiger partial charge on any atom is 0.0582 e. The second-order valence-corrected chi connectivity index (χ2v) is 6.79. The van der Waals surface area contributed by atoms with Crippen LogP contribution in [-0.2, 0) is 17.2 Å². The SMILES string of the molecule is CS(=O)CCNC1c2ccccc2Cc2ccccc21. The number of nitrogens with one attached hydrogen (secondary N) is 1. The van der Waals surface area contributed by atoms with Crippen molar-refractivity contribution in [3.8, 4) is 0 Å². The van der Waals surface area contributed by atoms with Gasteiger partial charge in [0.2, 0.25) is 0 Å². The summed E-state index contributed by atoms with van der Waals surface area (Å²) in [5, 5.41) is 3.57. The Hall–Kier alpha value is -1.45. The van der Waals surface area contributed by atoms with E-state index in [4.69, 9.17) is 0 Å². The van der Waals surface area contributed by atoms with Crippen molar-refractivity contribution in [2.24, 2.45) is 0 Å². The molecule has 0 aliphatic heterocycles. The highest BCUT2D eigenvalue weighted by atomic mass is 32.2. The Balaban J connectivity index is 1.93. The van der Waals surface area contributed by atoms with Crippen molar-refractivity contribution in [3.63, 3.8) is 0 Å². The minimum atomic E-state index is -0.748. The molecule has 1 aliphatic carbocycles. The molecule has 0 spiro atoms. The lowest BCUT2D eigenvalue weighted by atomic mass is 9.82. The first-order valence-electron chi connectivity index (χ1n) is 6.94. The van der Waals surface area contributed by atoms with Gasteiger partial charge in [-0.15, -0.1) is 0 Å². The summed E-state index contributed by atoms with van der Waals surface area (Å²) in [6.45, 7) is 0.774. The van der Waals surface area contributed by atoms with Crippen LogP contribution in [0.4, 0.5) is 0 Å². The summed E-state index contributed by atoms with van der Waals surface area (Å²) in [4.78, 5) is 0. The first kappa shape index (κ1) is 13.5. The van der Waals surface area contributed by atoms with Crippen molar-refractivity contribution >= 4 is 10.8 Å². The fourth-order valence-corrected chi connectivity index (χ4v) is 3.30. The van der Waals surface area contributed by atoms with E-state index in [-0.39, 0.29) is 6.04 Å². The second-order valence-electron chi connectivity index (χ2n) is 5.24. The quantitative estimate of drug-likeness (QED) is 0.935. The Labute approximate surface area is 122 Å². The van der Waals surface area contributed by atoms with Crippen molar-refractivity contribution in [2.75, 3.05) is 18.6 Å². The molecule has 2 aromatic rings. The molecule has 0 saturated carbocycles. The van der Waals surface area contributed by atoms with Crippen LogP contribution in [0.1, 0.15) is 28.3 Å². The average Bonchev–Trinajstić information content (AvgIpc) is 2.46. The zero-order chi connectivity index (χ0) is 13.9. The van der Waals surface area contributed by atoms with Crippen LogP contribution in [-0.4, -0.2) is 22.8 Å². The van der Waals surface area contributed by atoms with Gasteiger partial charge in [-0.3, -0.25) is 4.21 Å². The molecule has 0 fully saturated rings. The van der Waals surface area contributed by atoms with Gasteiger partial charge in [0, 0.05) is 29.4 Å². The highest BCUT2D eigenvalue weighted by Gasteiger charge is 2.24. The Morgan fingerprint density at radius 3 is 2.15 bits per heavy atom. The maximum atomic E-state index is 11.2. The van der Waals surface area contributed by atoms with E-state index >= 15 is 0 Å². The molecular weight excluding hydrogens is 266 g/mol. The summed E-state index contributed by atoms with van der Waals surface area (Å²) in [6.07, 6.45) is 2.76. The van der Waals surface area contributed by atoms with E-state index in [1.807, 2.05) is 0 Å². The van der Waals surface area contributed by atoms with Gasteiger partial charge >= 0.3 is 0 Å². The van der Waals surface area contributed by atoms with Crippen LogP contribution in [0, 0.1) is 0 Å². The van der Waals surface area contributed by atoms with E-state index in [0.717, 1.165) is 13.0 Å². The van der Waals surface area contributed by atoms with Gasteiger partial charge in [0.1, 0.15) is 0 Å². The average molecular weight is 285 g/mol. The molecule has 0 saturated heterocycles. The third kappa shape index (κ3) is 2.69. The third-order valence-corrected chi connectivity index (χ3v) is 4.63. The lowest BCUT2D eigenvalue weighted by Crippen LogP contribution is -2.30. The first-order valence-corrected chi connectivity index (χ1v) is 8.67. The Bertz CT molecular complexity index is 593. The summed E-state index contributed by atoms with van der Waals surface area (Å²) in [6, 6.07) is 17.4. The number of rotatable bonds is 4. The first-order chi connectivity index (χ1) is 9.75. The molecule has 0 amide bonds. The van der Waals surface area contributed by atoms with E-state index in [1.54, 1.807) is 6.26 Å². The van der Waals surface area contributed by atoms with E-state index in [0.29, 0.717) is 5.75 Å². The summed E-state index contributed by atoms with van der Waals surface area (Å²) >= 11 is 0. The summed E-state index contributed by atoms with van der Waals surface area (Å²) in [7, 11) is -0.748. The van der Waals surface area contributed by atoms with Crippen molar-refractivity contribution in [2.45, 2.75) is 12.5 Å². The van der Waals surface area contributed by atoms with Gasteiger partial charge in [-0.2, -0.15) is 0 Å². The van der Waals surface area contributed by atoms with Crippen LogP contribution in [0.5, 0.6) is 0 Å². The number of fused-ring (bicyclic) bond motifs is 2. The molecule has 3 rings (SSSR count). The maximum absolute atomic E-state index is 11.2. The van der Waals surface area contributed by atoms with Crippen molar-refractivity contribution in [1.82, 2.24) is 5.32 Å². The molecule has 104 valence electrons. The van der Waals surface area contributed by atoms with Gasteiger partial charge in [-0.05, 0) is 28.7 Å². The molecule has 1 unspecified atom stereocenters. The Kier molecular flexibility index (Phi) is 3.99. The minimum Gasteiger partial charge on any atom is -0.305 e. The topological polar surface area (TPSA) is 29.1 Å². The number of hydrogen-bond donors (Lipinski definition) is 1. The predicted molar refractivity (Wildman–Crippen MR) is 84.5 cm³/mol. The summed E-state index contributed by atoms with van der Waals surface area (Å²) < 4.78 is 11.2. The monoisotopic (exact) mass is 285 g/mol. The fraction of sp³-hybridized carbons (Fsp3) is 0.294. The largest absolute Gasteiger partial charge is 0.305 e. The highest BCUT2D eigenvalue weighted by Crippen LogP contribution is 2.34. The second kappa shape index (κ2) is 5.90. The Morgan fingerprint density at radius 2 is 1.60 bits per heavy atom. The van der Waals surface area contributed by atoms with E-state index < -0.39 is 10.8 Å². The smallest absolute Gasteiger partial charge is 0.0582 e. The summed E-state index contributed by atoms with van der Waals surface area (Å²) in [5.41, 5.74) is 5.49. The van der Waals surface area contributed by atoms with Crippen LogP contribution < -0.4 is 5.32 Å². The van der Waals surface area contributed by atoms with E-state index in [2.05, 4.69) is 53.8 Å². The van der Waals surface area contributed by atoms with Crippen LogP contribution in [0.25, 0.3) is 0 Å². The van der Waals surface area contributed by atoms with Gasteiger partial charge in [0.05, 0.1) is 6.04 Å². The molecule has 3 heteroatoms. The van der Waals surface area contributed by atoms with Gasteiger partial charge < -0.3 is 5.32 Å². The highest BCUT2D eigenvalue weighted by molar-refractivity contribution is 7.84. The van der Waals surface area contributed by atoms with Gasteiger partial charge in [-0.1, -0.05) is 48.5 Å². The molecule has 1 N–H and O–H groups in total. The molecular formula is C17H19NOS. The lowest BCUT2D eigenvalue weighted by Gasteiger charge is -2.29. The molecule has 0 aromatic heterocycles. The standard InChI is InChI=1S/C17H19NOS/c1-20(19)11-10-18-17-15-8-4-2-6-13(15)12-14-7-3-5-9-16(14)17/h2-9,17-18H,10-12H2,1H3. The van der Waals surface area contributed by atoms with Gasteiger partial charge in [0.25, 0.3) is 0 Å². The number of benzene rings is 2. The molecule has 2 aromatic carbocycles. The van der Waals surface area contributed by atoms with Crippen LogP contribution in [0.15, 0.2) is 48.5 Å². The van der Waals surface area contributed by atoms with Crippen LogP contribution in [0.3, 0.4) is 0 Å². The predicted octanol–water partition coefficient (Wildman–Crippen LogP) is 2.65. The zero-order valence-corrected chi connectivity index (χ0v) is 12.5. The van der Waals surface area contributed by atoms with Gasteiger partial charge in [-0.25, -0.2) is 0 Å². The normalized spacial score (nSPS) is 15.4. The van der Waals surface area contributed by atoms with Crippen LogP contribution >= 0.6 is 0 Å². The molecule has 2 nitrogen and oxygen atoms in total. The number of hydrogen-bond acceptors (Lipinski definition) is 2. The van der Waals surface area contributed by atoms with Gasteiger partial charge in [0.15, 0.2) is 0 Å². The Morgan fingerprint density at radius 1 is 1.05 bits per heavy atom. The molecule has 0 bridgehead atoms. The van der Waals surface area contributed by atoms with Crippen LogP contribution in [0.2, 0.25) is 0 Å². The lowest BCUT2D eigenvalue weighted by molar-refractivity contribution is 0.609. The summed E-state index contributed by atoms with van der Waals surface area (Å²) in [5.74, 6) is 0.695. The molecule has 1 atom stereocenters. The molecule has 0 radical (unpaired) electrons. The fourth-order valence-electron chi connectivity index (χ4n) is 2.89. The molecule has 20 heavy (non-hydrogen) atoms. The van der Waals surface area contributed by atoms with E-state index in [9.17, 15) is 4.21 Å². The van der Waals surface area contributed by atoms with Crippen molar-refractivity contribution in [3.05, 3.63) is 70.8 Å². The van der Waals surface area contributed by atoms with Crippen molar-refractivity contribution < 1.29 is 4.21 Å². The molecule has 1 aliphatic rings. The van der Waals surface area contributed by atoms with E-state index in [1.165, 1.54) is 22.3 Å².